The van der Waals surface area contributed by atoms with Crippen molar-refractivity contribution < 1.29 is 18.4 Å². The van der Waals surface area contributed by atoms with Gasteiger partial charge in [0.2, 0.25) is 17.6 Å². The molecule has 0 aliphatic carbocycles. The van der Waals surface area contributed by atoms with Crippen LogP contribution in [0.4, 0.5) is 10.1 Å². The molecule has 7 nitrogen and oxygen atoms in total. The second kappa shape index (κ2) is 9.59. The second-order valence-electron chi connectivity index (χ2n) is 7.29. The summed E-state index contributed by atoms with van der Waals surface area (Å²) in [6, 6.07) is 13.9. The maximum Gasteiger partial charge on any atom is 0.227 e. The van der Waals surface area contributed by atoms with Gasteiger partial charge in [0.15, 0.2) is 0 Å². The Hall–Kier alpha value is -3.42. The summed E-state index contributed by atoms with van der Waals surface area (Å²) in [5, 5.41) is 3.92. The van der Waals surface area contributed by atoms with Crippen molar-refractivity contribution in [3.05, 3.63) is 60.2 Å². The molecule has 31 heavy (non-hydrogen) atoms. The molecule has 1 aliphatic heterocycles. The predicted molar refractivity (Wildman–Crippen MR) is 114 cm³/mol. The number of nitrogens with zero attached hydrogens (tertiary/aromatic N) is 4. The summed E-state index contributed by atoms with van der Waals surface area (Å²) in [4.78, 5) is 21.1. The van der Waals surface area contributed by atoms with E-state index in [2.05, 4.69) is 21.1 Å². The van der Waals surface area contributed by atoms with Crippen LogP contribution in [0.5, 0.6) is 5.75 Å². The molecule has 0 bridgehead atoms. The summed E-state index contributed by atoms with van der Waals surface area (Å²) in [7, 11) is 0. The number of para-hydroxylation sites is 2. The first-order chi connectivity index (χ1) is 15.1. The average Bonchev–Trinajstić information content (AvgIpc) is 3.28. The summed E-state index contributed by atoms with van der Waals surface area (Å²) in [5.74, 6) is 1.41. The number of amides is 1. The van der Waals surface area contributed by atoms with Gasteiger partial charge in [-0.3, -0.25) is 4.79 Å². The minimum atomic E-state index is -0.320. The molecule has 1 saturated heterocycles. The molecular formula is C23H25FN4O3. The normalized spacial score (nSPS) is 14.0. The first kappa shape index (κ1) is 20.8. The number of rotatable bonds is 7. The first-order valence-corrected chi connectivity index (χ1v) is 10.5. The van der Waals surface area contributed by atoms with Gasteiger partial charge in [-0.25, -0.2) is 4.39 Å². The summed E-state index contributed by atoms with van der Waals surface area (Å²) in [6.45, 7) is 5.41. The van der Waals surface area contributed by atoms with Crippen LogP contribution in [0.3, 0.4) is 0 Å². The fourth-order valence-electron chi connectivity index (χ4n) is 3.64. The number of piperazine rings is 1. The number of ether oxygens (including phenoxy) is 1. The van der Waals surface area contributed by atoms with Crippen LogP contribution in [0.25, 0.3) is 11.4 Å². The zero-order valence-electron chi connectivity index (χ0n) is 17.5. The maximum atomic E-state index is 13.1. The zero-order valence-corrected chi connectivity index (χ0v) is 17.5. The lowest BCUT2D eigenvalue weighted by atomic mass is 10.2. The Balaban J connectivity index is 1.29. The number of aryl methyl sites for hydroxylation is 1. The first-order valence-electron chi connectivity index (χ1n) is 10.5. The van der Waals surface area contributed by atoms with Gasteiger partial charge in [0, 0.05) is 44.6 Å². The summed E-state index contributed by atoms with van der Waals surface area (Å²) in [5.41, 5.74) is 1.74. The fraction of sp³-hybridized carbons (Fsp3) is 0.348. The smallest absolute Gasteiger partial charge is 0.227 e. The molecule has 0 spiro atoms. The molecule has 8 heteroatoms. The lowest BCUT2D eigenvalue weighted by Gasteiger charge is -2.36. The van der Waals surface area contributed by atoms with Crippen LogP contribution in [0.15, 0.2) is 53.1 Å². The lowest BCUT2D eigenvalue weighted by molar-refractivity contribution is -0.131. The predicted octanol–water partition coefficient (Wildman–Crippen LogP) is 3.56. The highest BCUT2D eigenvalue weighted by Gasteiger charge is 2.23. The third-order valence-electron chi connectivity index (χ3n) is 5.26. The SMILES string of the molecule is CCOc1ccccc1N1CCN(C(=O)CCc2nc(-c3ccc(F)cc3)no2)CC1. The van der Waals surface area contributed by atoms with Crippen LogP contribution >= 0.6 is 0 Å². The van der Waals surface area contributed by atoms with Gasteiger partial charge in [0.1, 0.15) is 11.6 Å². The number of hydrogen-bond acceptors (Lipinski definition) is 6. The molecule has 1 aromatic heterocycles. The third kappa shape index (κ3) is 5.02. The largest absolute Gasteiger partial charge is 0.492 e. The molecule has 0 unspecified atom stereocenters. The van der Waals surface area contributed by atoms with E-state index in [1.165, 1.54) is 12.1 Å². The Morgan fingerprint density at radius 2 is 1.84 bits per heavy atom. The maximum absolute atomic E-state index is 13.1. The van der Waals surface area contributed by atoms with Crippen molar-refractivity contribution in [3.63, 3.8) is 0 Å². The van der Waals surface area contributed by atoms with Gasteiger partial charge in [0.05, 0.1) is 12.3 Å². The highest BCUT2D eigenvalue weighted by molar-refractivity contribution is 5.76. The van der Waals surface area contributed by atoms with E-state index < -0.39 is 0 Å². The van der Waals surface area contributed by atoms with Crippen LogP contribution < -0.4 is 9.64 Å². The van der Waals surface area contributed by atoms with Crippen LogP contribution in [0, 0.1) is 5.82 Å². The molecule has 1 amide bonds. The number of carbonyl (C=O) groups is 1. The van der Waals surface area contributed by atoms with Gasteiger partial charge >= 0.3 is 0 Å². The molecule has 3 aromatic rings. The number of benzene rings is 2. The number of halogens is 1. The molecule has 2 aromatic carbocycles. The Kier molecular flexibility index (Phi) is 6.45. The van der Waals surface area contributed by atoms with Crippen LogP contribution in [-0.2, 0) is 11.2 Å². The van der Waals surface area contributed by atoms with Crippen molar-refractivity contribution in [2.45, 2.75) is 19.8 Å². The molecule has 0 atom stereocenters. The molecule has 0 radical (unpaired) electrons. The number of aromatic nitrogens is 2. The molecule has 1 aliphatic rings. The zero-order chi connectivity index (χ0) is 21.6. The molecule has 0 saturated carbocycles. The molecule has 162 valence electrons. The van der Waals surface area contributed by atoms with Crippen molar-refractivity contribution in [2.75, 3.05) is 37.7 Å². The topological polar surface area (TPSA) is 71.7 Å². The van der Waals surface area contributed by atoms with Crippen molar-refractivity contribution in [2.24, 2.45) is 0 Å². The van der Waals surface area contributed by atoms with E-state index >= 15 is 0 Å². The summed E-state index contributed by atoms with van der Waals surface area (Å²) >= 11 is 0. The van der Waals surface area contributed by atoms with Crippen molar-refractivity contribution in [3.8, 4) is 17.1 Å². The van der Waals surface area contributed by atoms with Crippen molar-refractivity contribution >= 4 is 11.6 Å². The van der Waals surface area contributed by atoms with Gasteiger partial charge in [-0.15, -0.1) is 0 Å². The second-order valence-corrected chi connectivity index (χ2v) is 7.29. The van der Waals surface area contributed by atoms with Crippen molar-refractivity contribution in [1.29, 1.82) is 0 Å². The van der Waals surface area contributed by atoms with E-state index in [0.717, 1.165) is 24.5 Å². The van der Waals surface area contributed by atoms with E-state index in [4.69, 9.17) is 9.26 Å². The molecule has 4 rings (SSSR count). The highest BCUT2D eigenvalue weighted by atomic mass is 19.1. The van der Waals surface area contributed by atoms with E-state index in [9.17, 15) is 9.18 Å². The quantitative estimate of drug-likeness (QED) is 0.578. The number of hydrogen-bond donors (Lipinski definition) is 0. The Morgan fingerprint density at radius 1 is 1.10 bits per heavy atom. The lowest BCUT2D eigenvalue weighted by Crippen LogP contribution is -2.49. The molecule has 0 N–H and O–H groups in total. The van der Waals surface area contributed by atoms with Crippen LogP contribution in [0.2, 0.25) is 0 Å². The third-order valence-corrected chi connectivity index (χ3v) is 5.26. The Morgan fingerprint density at radius 3 is 2.58 bits per heavy atom. The Bertz CT molecular complexity index is 1010. The van der Waals surface area contributed by atoms with Gasteiger partial charge in [0.25, 0.3) is 0 Å². The Labute approximate surface area is 180 Å². The van der Waals surface area contributed by atoms with Gasteiger partial charge in [-0.1, -0.05) is 17.3 Å². The monoisotopic (exact) mass is 424 g/mol. The van der Waals surface area contributed by atoms with E-state index in [0.29, 0.717) is 49.8 Å². The standard InChI is InChI=1S/C23H25FN4O3/c1-2-30-20-6-4-3-5-19(20)27-13-15-28(16-14-27)22(29)12-11-21-25-23(26-31-21)17-7-9-18(24)10-8-17/h3-10H,2,11-16H2,1H3. The summed E-state index contributed by atoms with van der Waals surface area (Å²) < 4.78 is 24.0. The number of anilines is 1. The average molecular weight is 424 g/mol. The van der Waals surface area contributed by atoms with E-state index in [1.807, 2.05) is 30.0 Å². The van der Waals surface area contributed by atoms with Crippen LogP contribution in [-0.4, -0.2) is 53.7 Å². The minimum absolute atomic E-state index is 0.0688. The summed E-state index contributed by atoms with van der Waals surface area (Å²) in [6.07, 6.45) is 0.682. The van der Waals surface area contributed by atoms with Gasteiger partial charge < -0.3 is 19.1 Å². The van der Waals surface area contributed by atoms with E-state index in [1.54, 1.807) is 12.1 Å². The van der Waals surface area contributed by atoms with Gasteiger partial charge in [-0.2, -0.15) is 4.98 Å². The minimum Gasteiger partial charge on any atom is -0.492 e. The number of carbonyl (C=O) groups excluding carboxylic acids is 1. The highest BCUT2D eigenvalue weighted by Crippen LogP contribution is 2.29. The van der Waals surface area contributed by atoms with Gasteiger partial charge in [-0.05, 0) is 43.3 Å². The molecule has 1 fully saturated rings. The van der Waals surface area contributed by atoms with Crippen LogP contribution in [0.1, 0.15) is 19.2 Å². The fourth-order valence-corrected chi connectivity index (χ4v) is 3.64. The van der Waals surface area contributed by atoms with Crippen molar-refractivity contribution in [1.82, 2.24) is 15.0 Å². The van der Waals surface area contributed by atoms with E-state index in [-0.39, 0.29) is 11.7 Å². The molecule has 2 heterocycles. The molecular weight excluding hydrogens is 399 g/mol.